The zero-order valence-electron chi connectivity index (χ0n) is 11.3. The molecule has 0 aliphatic rings. The molecule has 19 heavy (non-hydrogen) atoms. The molecule has 1 aromatic heterocycles. The number of allylic oxidation sites excluding steroid dienone is 1. The van der Waals surface area contributed by atoms with Gasteiger partial charge < -0.3 is 10.4 Å². The summed E-state index contributed by atoms with van der Waals surface area (Å²) in [5, 5.41) is 16.8. The molecule has 106 valence electrons. The molecule has 0 aliphatic carbocycles. The van der Waals surface area contributed by atoms with Gasteiger partial charge in [-0.25, -0.2) is 4.68 Å². The summed E-state index contributed by atoms with van der Waals surface area (Å²) in [6.45, 7) is 7.76. The predicted molar refractivity (Wildman–Crippen MR) is 77.7 cm³/mol. The predicted octanol–water partition coefficient (Wildman–Crippen LogP) is 2.05. The Hall–Kier alpha value is -1.33. The van der Waals surface area contributed by atoms with E-state index in [9.17, 15) is 9.90 Å². The van der Waals surface area contributed by atoms with Crippen molar-refractivity contribution in [2.75, 3.05) is 11.9 Å². The molecule has 0 saturated heterocycles. The Balaban J connectivity index is 3.13. The van der Waals surface area contributed by atoms with Crippen molar-refractivity contribution in [3.8, 4) is 0 Å². The monoisotopic (exact) mass is 285 g/mol. The SMILES string of the molecule is C=CCn1ncc(NC(CC)(CC)CO)c(Cl)c1=O. The van der Waals surface area contributed by atoms with Crippen LogP contribution in [0, 0.1) is 0 Å². The quantitative estimate of drug-likeness (QED) is 0.753. The van der Waals surface area contributed by atoms with E-state index in [0.717, 1.165) is 0 Å². The van der Waals surface area contributed by atoms with Crippen LogP contribution < -0.4 is 10.9 Å². The van der Waals surface area contributed by atoms with E-state index in [4.69, 9.17) is 11.6 Å². The maximum absolute atomic E-state index is 11.9. The van der Waals surface area contributed by atoms with E-state index >= 15 is 0 Å². The van der Waals surface area contributed by atoms with Gasteiger partial charge in [0, 0.05) is 0 Å². The minimum Gasteiger partial charge on any atom is -0.394 e. The average molecular weight is 286 g/mol. The molecule has 0 aliphatic heterocycles. The molecule has 1 heterocycles. The summed E-state index contributed by atoms with van der Waals surface area (Å²) in [4.78, 5) is 11.9. The van der Waals surface area contributed by atoms with Gasteiger partial charge >= 0.3 is 0 Å². The molecule has 0 amide bonds. The van der Waals surface area contributed by atoms with Crippen LogP contribution in [-0.4, -0.2) is 27.0 Å². The lowest BCUT2D eigenvalue weighted by Crippen LogP contribution is -2.41. The van der Waals surface area contributed by atoms with Crippen molar-refractivity contribution >= 4 is 17.3 Å². The Labute approximate surface area is 117 Å². The summed E-state index contributed by atoms with van der Waals surface area (Å²) in [7, 11) is 0. The molecular weight excluding hydrogens is 266 g/mol. The molecule has 0 fully saturated rings. The van der Waals surface area contributed by atoms with Crippen molar-refractivity contribution in [1.29, 1.82) is 0 Å². The molecule has 0 saturated carbocycles. The van der Waals surface area contributed by atoms with Gasteiger partial charge in [0.2, 0.25) is 0 Å². The third kappa shape index (κ3) is 3.36. The minimum atomic E-state index is -0.484. The molecule has 6 heteroatoms. The molecule has 0 atom stereocenters. The van der Waals surface area contributed by atoms with E-state index in [0.29, 0.717) is 25.1 Å². The number of aliphatic hydroxyl groups is 1. The summed E-state index contributed by atoms with van der Waals surface area (Å²) in [6.07, 6.45) is 4.51. The van der Waals surface area contributed by atoms with Gasteiger partial charge in [-0.15, -0.1) is 6.58 Å². The van der Waals surface area contributed by atoms with Crippen molar-refractivity contribution in [2.45, 2.75) is 38.8 Å². The first kappa shape index (κ1) is 15.7. The summed E-state index contributed by atoms with van der Waals surface area (Å²) < 4.78 is 1.24. The third-order valence-electron chi connectivity index (χ3n) is 3.34. The standard InChI is InChI=1S/C13H20ClN3O2/c1-4-7-17-12(19)11(14)10(8-15-17)16-13(5-2,6-3)9-18/h4,8,16,18H,1,5-7,9H2,2-3H3. The Kier molecular flexibility index (Phi) is 5.57. The second-order valence-corrected chi connectivity index (χ2v) is 4.80. The van der Waals surface area contributed by atoms with Crippen LogP contribution in [0.2, 0.25) is 5.02 Å². The fourth-order valence-corrected chi connectivity index (χ4v) is 1.97. The summed E-state index contributed by atoms with van der Waals surface area (Å²) in [5.41, 5.74) is -0.405. The molecule has 0 aromatic carbocycles. The van der Waals surface area contributed by atoms with Crippen LogP contribution in [0.1, 0.15) is 26.7 Å². The summed E-state index contributed by atoms with van der Waals surface area (Å²) in [5.74, 6) is 0. The summed E-state index contributed by atoms with van der Waals surface area (Å²) in [6, 6.07) is 0. The van der Waals surface area contributed by atoms with Crippen LogP contribution in [0.5, 0.6) is 0 Å². The number of nitrogens with zero attached hydrogens (tertiary/aromatic N) is 2. The lowest BCUT2D eigenvalue weighted by atomic mass is 9.93. The fraction of sp³-hybridized carbons (Fsp3) is 0.538. The van der Waals surface area contributed by atoms with Gasteiger partial charge in [0.1, 0.15) is 5.02 Å². The van der Waals surface area contributed by atoms with Gasteiger partial charge in [-0.05, 0) is 12.8 Å². The Bertz CT molecular complexity index is 487. The van der Waals surface area contributed by atoms with Crippen LogP contribution in [0.15, 0.2) is 23.6 Å². The normalized spacial score (nSPS) is 11.4. The summed E-state index contributed by atoms with van der Waals surface area (Å²) >= 11 is 6.06. The number of aromatic nitrogens is 2. The van der Waals surface area contributed by atoms with Crippen molar-refractivity contribution in [2.24, 2.45) is 0 Å². The molecule has 0 bridgehead atoms. The van der Waals surface area contributed by atoms with E-state index in [1.807, 2.05) is 13.8 Å². The van der Waals surface area contributed by atoms with Crippen LogP contribution in [0.3, 0.4) is 0 Å². The van der Waals surface area contributed by atoms with Crippen LogP contribution in [-0.2, 0) is 6.54 Å². The maximum atomic E-state index is 11.9. The number of hydrogen-bond acceptors (Lipinski definition) is 4. The van der Waals surface area contributed by atoms with Gasteiger partial charge in [-0.1, -0.05) is 31.5 Å². The highest BCUT2D eigenvalue weighted by atomic mass is 35.5. The molecular formula is C13H20ClN3O2. The lowest BCUT2D eigenvalue weighted by molar-refractivity contribution is 0.202. The molecule has 0 radical (unpaired) electrons. The first-order valence-electron chi connectivity index (χ1n) is 6.29. The van der Waals surface area contributed by atoms with Gasteiger partial charge in [0.15, 0.2) is 0 Å². The number of anilines is 1. The van der Waals surface area contributed by atoms with Gasteiger partial charge in [0.05, 0.1) is 30.6 Å². The fourth-order valence-electron chi connectivity index (χ4n) is 1.78. The average Bonchev–Trinajstić information content (AvgIpc) is 2.44. The van der Waals surface area contributed by atoms with Gasteiger partial charge in [-0.2, -0.15) is 5.10 Å². The number of halogens is 1. The highest BCUT2D eigenvalue weighted by Gasteiger charge is 2.26. The highest BCUT2D eigenvalue weighted by Crippen LogP contribution is 2.24. The molecule has 0 spiro atoms. The topological polar surface area (TPSA) is 67.2 Å². The first-order valence-corrected chi connectivity index (χ1v) is 6.67. The maximum Gasteiger partial charge on any atom is 0.287 e. The van der Waals surface area contributed by atoms with Gasteiger partial charge in [0.25, 0.3) is 5.56 Å². The first-order chi connectivity index (χ1) is 9.03. The highest BCUT2D eigenvalue weighted by molar-refractivity contribution is 6.32. The molecule has 2 N–H and O–H groups in total. The second-order valence-electron chi connectivity index (χ2n) is 4.42. The zero-order chi connectivity index (χ0) is 14.5. The largest absolute Gasteiger partial charge is 0.394 e. The number of nitrogens with one attached hydrogen (secondary N) is 1. The van der Waals surface area contributed by atoms with E-state index < -0.39 is 5.54 Å². The third-order valence-corrected chi connectivity index (χ3v) is 3.71. The molecule has 0 unspecified atom stereocenters. The van der Waals surface area contributed by atoms with E-state index in [1.165, 1.54) is 10.9 Å². The lowest BCUT2D eigenvalue weighted by Gasteiger charge is -2.32. The van der Waals surface area contributed by atoms with Crippen molar-refractivity contribution < 1.29 is 5.11 Å². The van der Waals surface area contributed by atoms with Crippen molar-refractivity contribution in [3.63, 3.8) is 0 Å². The number of rotatable bonds is 7. The smallest absolute Gasteiger partial charge is 0.287 e. The van der Waals surface area contributed by atoms with E-state index in [1.54, 1.807) is 6.08 Å². The van der Waals surface area contributed by atoms with E-state index in [-0.39, 0.29) is 17.2 Å². The molecule has 1 rings (SSSR count). The number of aliphatic hydroxyl groups excluding tert-OH is 1. The van der Waals surface area contributed by atoms with Crippen molar-refractivity contribution in [1.82, 2.24) is 9.78 Å². The molecule has 5 nitrogen and oxygen atoms in total. The van der Waals surface area contributed by atoms with Gasteiger partial charge in [-0.3, -0.25) is 4.79 Å². The number of hydrogen-bond donors (Lipinski definition) is 2. The second kappa shape index (κ2) is 6.73. The Morgan fingerprint density at radius 3 is 2.68 bits per heavy atom. The Morgan fingerprint density at radius 1 is 1.58 bits per heavy atom. The molecule has 1 aromatic rings. The van der Waals surface area contributed by atoms with Crippen LogP contribution in [0.4, 0.5) is 5.69 Å². The zero-order valence-corrected chi connectivity index (χ0v) is 12.1. The van der Waals surface area contributed by atoms with Crippen LogP contribution in [0.25, 0.3) is 0 Å². The van der Waals surface area contributed by atoms with Crippen LogP contribution >= 0.6 is 11.6 Å². The van der Waals surface area contributed by atoms with E-state index in [2.05, 4.69) is 17.0 Å². The Morgan fingerprint density at radius 2 is 2.21 bits per heavy atom. The van der Waals surface area contributed by atoms with Crippen molar-refractivity contribution in [3.05, 3.63) is 34.2 Å². The minimum absolute atomic E-state index is 0.0356.